The smallest absolute Gasteiger partial charge is 0.232 e. The van der Waals surface area contributed by atoms with Crippen LogP contribution in [0.15, 0.2) is 23.3 Å². The molecule has 0 aliphatic rings. The topological polar surface area (TPSA) is 58.5 Å². The first-order valence-electron chi connectivity index (χ1n) is 6.03. The maximum atomic E-state index is 5.92. The molecule has 5 nitrogen and oxygen atoms in total. The van der Waals surface area contributed by atoms with E-state index in [4.69, 9.17) is 16.3 Å². The molecule has 2 N–H and O–H groups in total. The molecule has 0 fully saturated rings. The van der Waals surface area contributed by atoms with E-state index >= 15 is 0 Å². The van der Waals surface area contributed by atoms with Crippen LogP contribution < -0.4 is 15.4 Å². The molecule has 1 rings (SSSR count). The van der Waals surface area contributed by atoms with E-state index in [1.165, 1.54) is 0 Å². The SMILES string of the molecule is CCNC(=NCCOc1ncccc1Cl)NCC. The molecule has 0 saturated heterocycles. The Labute approximate surface area is 113 Å². The second-order valence-electron chi connectivity index (χ2n) is 3.43. The van der Waals surface area contributed by atoms with Crippen molar-refractivity contribution in [1.82, 2.24) is 15.6 Å². The maximum absolute atomic E-state index is 5.92. The average Bonchev–Trinajstić information content (AvgIpc) is 2.37. The van der Waals surface area contributed by atoms with Crippen molar-refractivity contribution < 1.29 is 4.74 Å². The van der Waals surface area contributed by atoms with Crippen molar-refractivity contribution in [2.75, 3.05) is 26.2 Å². The molecule has 0 saturated carbocycles. The van der Waals surface area contributed by atoms with Gasteiger partial charge in [-0.3, -0.25) is 0 Å². The summed E-state index contributed by atoms with van der Waals surface area (Å²) in [5.41, 5.74) is 0. The summed E-state index contributed by atoms with van der Waals surface area (Å²) < 4.78 is 5.44. The van der Waals surface area contributed by atoms with Gasteiger partial charge in [0, 0.05) is 19.3 Å². The Morgan fingerprint density at radius 3 is 2.72 bits per heavy atom. The molecule has 100 valence electrons. The fourth-order valence-corrected chi connectivity index (χ4v) is 1.46. The summed E-state index contributed by atoms with van der Waals surface area (Å²) in [4.78, 5) is 8.38. The zero-order valence-corrected chi connectivity index (χ0v) is 11.5. The minimum Gasteiger partial charge on any atom is -0.475 e. The molecule has 1 aromatic heterocycles. The molecule has 0 aromatic carbocycles. The van der Waals surface area contributed by atoms with Gasteiger partial charge in [-0.2, -0.15) is 0 Å². The number of nitrogens with zero attached hydrogens (tertiary/aromatic N) is 2. The lowest BCUT2D eigenvalue weighted by Crippen LogP contribution is -2.37. The highest BCUT2D eigenvalue weighted by atomic mass is 35.5. The monoisotopic (exact) mass is 270 g/mol. The van der Waals surface area contributed by atoms with Gasteiger partial charge in [-0.25, -0.2) is 9.98 Å². The second-order valence-corrected chi connectivity index (χ2v) is 3.84. The van der Waals surface area contributed by atoms with Crippen molar-refractivity contribution in [3.63, 3.8) is 0 Å². The highest BCUT2D eigenvalue weighted by Crippen LogP contribution is 2.19. The number of pyridine rings is 1. The number of nitrogens with one attached hydrogen (secondary N) is 2. The summed E-state index contributed by atoms with van der Waals surface area (Å²) in [6, 6.07) is 3.51. The van der Waals surface area contributed by atoms with Crippen LogP contribution in [0.1, 0.15) is 13.8 Å². The molecule has 0 spiro atoms. The molecule has 0 aliphatic carbocycles. The molecule has 0 bridgehead atoms. The van der Waals surface area contributed by atoms with Crippen molar-refractivity contribution >= 4 is 17.6 Å². The van der Waals surface area contributed by atoms with Crippen LogP contribution in [0, 0.1) is 0 Å². The van der Waals surface area contributed by atoms with Crippen LogP contribution in [-0.4, -0.2) is 37.2 Å². The maximum Gasteiger partial charge on any atom is 0.232 e. The lowest BCUT2D eigenvalue weighted by molar-refractivity contribution is 0.316. The first-order valence-corrected chi connectivity index (χ1v) is 6.41. The van der Waals surface area contributed by atoms with E-state index in [2.05, 4.69) is 20.6 Å². The fraction of sp³-hybridized carbons (Fsp3) is 0.500. The van der Waals surface area contributed by atoms with Gasteiger partial charge in [0.05, 0.1) is 6.54 Å². The number of aromatic nitrogens is 1. The largest absolute Gasteiger partial charge is 0.475 e. The highest BCUT2D eigenvalue weighted by molar-refractivity contribution is 6.31. The number of rotatable bonds is 6. The van der Waals surface area contributed by atoms with Crippen molar-refractivity contribution in [3.05, 3.63) is 23.4 Å². The molecule has 0 atom stereocenters. The summed E-state index contributed by atoms with van der Waals surface area (Å²) >= 11 is 5.92. The first kappa shape index (κ1) is 14.6. The normalized spacial score (nSPS) is 9.72. The second kappa shape index (κ2) is 8.58. The van der Waals surface area contributed by atoms with Gasteiger partial charge in [0.25, 0.3) is 0 Å². The third-order valence-electron chi connectivity index (χ3n) is 2.01. The summed E-state index contributed by atoms with van der Waals surface area (Å²) in [6.07, 6.45) is 1.65. The lowest BCUT2D eigenvalue weighted by Gasteiger charge is -2.09. The van der Waals surface area contributed by atoms with Crippen LogP contribution in [0.5, 0.6) is 5.88 Å². The average molecular weight is 271 g/mol. The number of hydrogen-bond donors (Lipinski definition) is 2. The first-order chi connectivity index (χ1) is 8.77. The predicted octanol–water partition coefficient (Wildman–Crippen LogP) is 1.69. The quantitative estimate of drug-likeness (QED) is 0.469. The van der Waals surface area contributed by atoms with Gasteiger partial charge >= 0.3 is 0 Å². The van der Waals surface area contributed by atoms with Gasteiger partial charge in [-0.05, 0) is 26.0 Å². The van der Waals surface area contributed by atoms with Crippen molar-refractivity contribution in [2.45, 2.75) is 13.8 Å². The third kappa shape index (κ3) is 5.23. The molecule has 0 amide bonds. The molecule has 6 heteroatoms. The summed E-state index contributed by atoms with van der Waals surface area (Å²) in [7, 11) is 0. The van der Waals surface area contributed by atoms with Crippen molar-refractivity contribution in [1.29, 1.82) is 0 Å². The van der Waals surface area contributed by atoms with Crippen LogP contribution in [0.25, 0.3) is 0 Å². The van der Waals surface area contributed by atoms with Gasteiger partial charge in [0.1, 0.15) is 11.6 Å². The molecule has 0 aliphatic heterocycles. The van der Waals surface area contributed by atoms with E-state index in [1.54, 1.807) is 18.3 Å². The van der Waals surface area contributed by atoms with Crippen molar-refractivity contribution in [2.24, 2.45) is 4.99 Å². The van der Waals surface area contributed by atoms with Gasteiger partial charge in [0.2, 0.25) is 5.88 Å². The zero-order valence-electron chi connectivity index (χ0n) is 10.7. The molecule has 1 aromatic rings. The van der Waals surface area contributed by atoms with Crippen molar-refractivity contribution in [3.8, 4) is 5.88 Å². The fourth-order valence-electron chi connectivity index (χ4n) is 1.29. The van der Waals surface area contributed by atoms with Gasteiger partial charge in [0.15, 0.2) is 5.96 Å². The molecule has 1 heterocycles. The van der Waals surface area contributed by atoms with Gasteiger partial charge < -0.3 is 15.4 Å². The predicted molar refractivity (Wildman–Crippen MR) is 74.4 cm³/mol. The Balaban J connectivity index is 2.36. The molecular formula is C12H19ClN4O. The third-order valence-corrected chi connectivity index (χ3v) is 2.30. The number of aliphatic imine (C=N–C) groups is 1. The molecular weight excluding hydrogens is 252 g/mol. The van der Waals surface area contributed by atoms with E-state index in [-0.39, 0.29) is 0 Å². The van der Waals surface area contributed by atoms with Gasteiger partial charge in [-0.1, -0.05) is 11.6 Å². The number of guanidine groups is 1. The van der Waals surface area contributed by atoms with Crippen LogP contribution in [0.3, 0.4) is 0 Å². The van der Waals surface area contributed by atoms with Crippen LogP contribution >= 0.6 is 11.6 Å². The van der Waals surface area contributed by atoms with E-state index in [0.29, 0.717) is 24.1 Å². The Morgan fingerprint density at radius 1 is 1.39 bits per heavy atom. The number of halogens is 1. The lowest BCUT2D eigenvalue weighted by atomic mass is 10.5. The summed E-state index contributed by atoms with van der Waals surface area (Å²) in [5, 5.41) is 6.78. The van der Waals surface area contributed by atoms with Crippen LogP contribution in [0.2, 0.25) is 5.02 Å². The summed E-state index contributed by atoms with van der Waals surface area (Å²) in [5.74, 6) is 1.23. The minimum atomic E-state index is 0.441. The van der Waals surface area contributed by atoms with Gasteiger partial charge in [-0.15, -0.1) is 0 Å². The van der Waals surface area contributed by atoms with Crippen LogP contribution in [-0.2, 0) is 0 Å². The van der Waals surface area contributed by atoms with Crippen LogP contribution in [0.4, 0.5) is 0 Å². The molecule has 0 unspecified atom stereocenters. The van der Waals surface area contributed by atoms with E-state index in [9.17, 15) is 0 Å². The zero-order chi connectivity index (χ0) is 13.2. The number of hydrogen-bond acceptors (Lipinski definition) is 3. The molecule has 18 heavy (non-hydrogen) atoms. The van der Waals surface area contributed by atoms with E-state index in [1.807, 2.05) is 13.8 Å². The van der Waals surface area contributed by atoms with E-state index < -0.39 is 0 Å². The number of ether oxygens (including phenoxy) is 1. The Hall–Kier alpha value is -1.49. The standard InChI is InChI=1S/C12H19ClN4O/c1-3-14-12(15-4-2)17-8-9-18-11-10(13)6-5-7-16-11/h5-7H,3-4,8-9H2,1-2H3,(H2,14,15,17). The highest BCUT2D eigenvalue weighted by Gasteiger charge is 2.00. The van der Waals surface area contributed by atoms with E-state index in [0.717, 1.165) is 19.0 Å². The summed E-state index contributed by atoms with van der Waals surface area (Å²) in [6.45, 7) is 6.70. The Bertz CT molecular complexity index is 376. The Morgan fingerprint density at radius 2 is 2.11 bits per heavy atom. The Kier molecular flexibility index (Phi) is 6.94. The minimum absolute atomic E-state index is 0.441. The molecule has 0 radical (unpaired) electrons.